The first-order chi connectivity index (χ1) is 8.94. The Balaban J connectivity index is 1.87. The minimum absolute atomic E-state index is 0.221. The highest BCUT2D eigenvalue weighted by molar-refractivity contribution is 7.11. The summed E-state index contributed by atoms with van der Waals surface area (Å²) >= 11 is 1.13. The third kappa shape index (κ3) is 3.32. The second-order valence-corrected chi connectivity index (χ2v) is 6.22. The van der Waals surface area contributed by atoms with Crippen molar-refractivity contribution in [2.24, 2.45) is 11.3 Å². The summed E-state index contributed by atoms with van der Waals surface area (Å²) in [7, 11) is 0. The Morgan fingerprint density at radius 2 is 2.26 bits per heavy atom. The second-order valence-electron chi connectivity index (χ2n) is 5.36. The minimum Gasteiger partial charge on any atom is -0.461 e. The number of thiazole rings is 1. The number of carbonyl (C=O) groups excluding carboxylic acids is 2. The molecule has 6 heteroatoms. The van der Waals surface area contributed by atoms with Crippen LogP contribution in [-0.4, -0.2) is 30.0 Å². The fraction of sp³-hybridized carbons (Fsp3) is 0.615. The average Bonchev–Trinajstić information content (AvgIpc) is 2.80. The molecule has 1 aliphatic carbocycles. The smallest absolute Gasteiger partial charge is 0.367 e. The maximum Gasteiger partial charge on any atom is 0.367 e. The fourth-order valence-corrected chi connectivity index (χ4v) is 2.58. The molecule has 0 aromatic carbocycles. The lowest BCUT2D eigenvalue weighted by Gasteiger charge is -2.04. The summed E-state index contributed by atoms with van der Waals surface area (Å²) in [5.74, 6) is -0.163. The molecule has 1 aliphatic rings. The van der Waals surface area contributed by atoms with Crippen molar-refractivity contribution in [3.63, 3.8) is 0 Å². The number of hydrogen-bond donors (Lipinski definition) is 1. The molecule has 2 rings (SSSR count). The lowest BCUT2D eigenvalue weighted by atomic mass is 10.1. The van der Waals surface area contributed by atoms with Crippen LogP contribution in [-0.2, 0) is 4.74 Å². The molecule has 1 saturated carbocycles. The molecule has 1 N–H and O–H groups in total. The van der Waals surface area contributed by atoms with Crippen LogP contribution in [0.15, 0.2) is 5.38 Å². The molecule has 1 aromatic rings. The molecule has 1 aromatic heterocycles. The van der Waals surface area contributed by atoms with Gasteiger partial charge in [-0.1, -0.05) is 13.8 Å². The van der Waals surface area contributed by atoms with Crippen LogP contribution in [0.5, 0.6) is 0 Å². The molecule has 5 nitrogen and oxygen atoms in total. The van der Waals surface area contributed by atoms with Gasteiger partial charge < -0.3 is 10.1 Å². The fourth-order valence-electron chi connectivity index (χ4n) is 1.90. The Hall–Kier alpha value is -1.43. The van der Waals surface area contributed by atoms with Gasteiger partial charge in [-0.25, -0.2) is 9.78 Å². The first-order valence-corrected chi connectivity index (χ1v) is 7.23. The number of rotatable bonds is 5. The van der Waals surface area contributed by atoms with Crippen LogP contribution in [0.1, 0.15) is 47.5 Å². The monoisotopic (exact) mass is 282 g/mol. The molecule has 0 radical (unpaired) electrons. The van der Waals surface area contributed by atoms with Crippen LogP contribution < -0.4 is 5.32 Å². The third-order valence-electron chi connectivity index (χ3n) is 3.41. The van der Waals surface area contributed by atoms with Gasteiger partial charge in [0.2, 0.25) is 5.01 Å². The lowest BCUT2D eigenvalue weighted by molar-refractivity contribution is 0.0526. The van der Waals surface area contributed by atoms with Crippen molar-refractivity contribution in [3.05, 3.63) is 16.1 Å². The van der Waals surface area contributed by atoms with Gasteiger partial charge in [0.05, 0.1) is 6.61 Å². The predicted octanol–water partition coefficient (Wildman–Crippen LogP) is 2.10. The third-order valence-corrected chi connectivity index (χ3v) is 4.24. The molecule has 0 bridgehead atoms. The van der Waals surface area contributed by atoms with Crippen molar-refractivity contribution in [2.75, 3.05) is 13.2 Å². The molecule has 1 atom stereocenters. The normalized spacial score (nSPS) is 19.8. The van der Waals surface area contributed by atoms with Crippen molar-refractivity contribution >= 4 is 23.2 Å². The number of carbonyl (C=O) groups is 2. The first kappa shape index (κ1) is 14.0. The summed E-state index contributed by atoms with van der Waals surface area (Å²) in [5, 5.41) is 4.66. The van der Waals surface area contributed by atoms with Crippen molar-refractivity contribution < 1.29 is 14.3 Å². The molecule has 1 unspecified atom stereocenters. The van der Waals surface area contributed by atoms with Crippen molar-refractivity contribution in [1.82, 2.24) is 10.3 Å². The Kier molecular flexibility index (Phi) is 3.89. The summed E-state index contributed by atoms with van der Waals surface area (Å²) in [6.07, 6.45) is 1.14. The number of hydrogen-bond acceptors (Lipinski definition) is 5. The van der Waals surface area contributed by atoms with E-state index < -0.39 is 5.97 Å². The largest absolute Gasteiger partial charge is 0.461 e. The predicted molar refractivity (Wildman–Crippen MR) is 72.3 cm³/mol. The molecule has 0 spiro atoms. The molecule has 104 valence electrons. The van der Waals surface area contributed by atoms with E-state index in [1.807, 2.05) is 0 Å². The van der Waals surface area contributed by atoms with Crippen LogP contribution >= 0.6 is 11.3 Å². The molecule has 19 heavy (non-hydrogen) atoms. The van der Waals surface area contributed by atoms with E-state index in [9.17, 15) is 9.59 Å². The van der Waals surface area contributed by atoms with Gasteiger partial charge in [-0.2, -0.15) is 0 Å². The average molecular weight is 282 g/mol. The molecule has 1 amide bonds. The van der Waals surface area contributed by atoms with Crippen molar-refractivity contribution in [2.45, 2.75) is 27.2 Å². The van der Waals surface area contributed by atoms with Crippen molar-refractivity contribution in [1.29, 1.82) is 0 Å². The zero-order valence-corrected chi connectivity index (χ0v) is 12.2. The number of aromatic nitrogens is 1. The van der Waals surface area contributed by atoms with Crippen LogP contribution in [0.3, 0.4) is 0 Å². The van der Waals surface area contributed by atoms with E-state index in [-0.39, 0.29) is 16.6 Å². The molecular formula is C13H18N2O3S. The quantitative estimate of drug-likeness (QED) is 0.840. The number of esters is 1. The van der Waals surface area contributed by atoms with E-state index in [2.05, 4.69) is 24.1 Å². The Morgan fingerprint density at radius 1 is 1.58 bits per heavy atom. The van der Waals surface area contributed by atoms with Gasteiger partial charge in [-0.15, -0.1) is 11.3 Å². The van der Waals surface area contributed by atoms with Gasteiger partial charge in [-0.05, 0) is 24.7 Å². The highest BCUT2D eigenvalue weighted by Gasteiger charge is 2.45. The van der Waals surface area contributed by atoms with Crippen molar-refractivity contribution in [3.8, 4) is 0 Å². The number of amides is 1. The first-order valence-electron chi connectivity index (χ1n) is 6.35. The van der Waals surface area contributed by atoms with Crippen LogP contribution in [0.4, 0.5) is 0 Å². The number of nitrogens with zero attached hydrogens (tertiary/aromatic N) is 1. The van der Waals surface area contributed by atoms with E-state index in [4.69, 9.17) is 4.74 Å². The number of ether oxygens (including phenoxy) is 1. The van der Waals surface area contributed by atoms with Crippen LogP contribution in [0, 0.1) is 11.3 Å². The number of nitrogens with one attached hydrogen (secondary N) is 1. The molecule has 0 aliphatic heterocycles. The van der Waals surface area contributed by atoms with Gasteiger partial charge in [0, 0.05) is 11.9 Å². The summed E-state index contributed by atoms with van der Waals surface area (Å²) in [5.41, 5.74) is 0.623. The lowest BCUT2D eigenvalue weighted by Crippen LogP contribution is -2.27. The zero-order chi connectivity index (χ0) is 14.0. The Bertz CT molecular complexity index is 496. The zero-order valence-electron chi connectivity index (χ0n) is 11.4. The molecular weight excluding hydrogens is 264 g/mol. The summed E-state index contributed by atoms with van der Waals surface area (Å²) in [6, 6.07) is 0. The van der Waals surface area contributed by atoms with Gasteiger partial charge in [0.25, 0.3) is 5.91 Å². The highest BCUT2D eigenvalue weighted by atomic mass is 32.1. The van der Waals surface area contributed by atoms with E-state index in [1.54, 1.807) is 12.3 Å². The summed E-state index contributed by atoms with van der Waals surface area (Å²) in [4.78, 5) is 27.3. The van der Waals surface area contributed by atoms with Crippen LogP contribution in [0.2, 0.25) is 0 Å². The maximum atomic E-state index is 11.9. The van der Waals surface area contributed by atoms with E-state index in [0.29, 0.717) is 24.5 Å². The van der Waals surface area contributed by atoms with Gasteiger partial charge in [0.1, 0.15) is 5.69 Å². The van der Waals surface area contributed by atoms with E-state index in [1.165, 1.54) is 0 Å². The summed E-state index contributed by atoms with van der Waals surface area (Å²) in [6.45, 7) is 7.07. The highest BCUT2D eigenvalue weighted by Crippen LogP contribution is 2.50. The van der Waals surface area contributed by atoms with Gasteiger partial charge in [-0.3, -0.25) is 4.79 Å². The van der Waals surface area contributed by atoms with Gasteiger partial charge in [0.15, 0.2) is 0 Å². The minimum atomic E-state index is -0.477. The van der Waals surface area contributed by atoms with E-state index in [0.717, 1.165) is 17.8 Å². The second kappa shape index (κ2) is 5.28. The molecule has 1 heterocycles. The van der Waals surface area contributed by atoms with E-state index >= 15 is 0 Å². The Labute approximate surface area is 116 Å². The topological polar surface area (TPSA) is 68.3 Å². The summed E-state index contributed by atoms with van der Waals surface area (Å²) < 4.78 is 4.83. The van der Waals surface area contributed by atoms with Gasteiger partial charge >= 0.3 is 5.97 Å². The van der Waals surface area contributed by atoms with Crippen LogP contribution in [0.25, 0.3) is 0 Å². The standard InChI is InChI=1S/C13H18N2O3S/c1-4-18-12(17)11-15-9(7-19-11)10(16)14-6-8-5-13(8,2)3/h7-8H,4-6H2,1-3H3,(H,14,16). The molecule has 0 saturated heterocycles. The SMILES string of the molecule is CCOC(=O)c1nc(C(=O)NCC2CC2(C)C)cs1. The molecule has 1 fully saturated rings. The Morgan fingerprint density at radius 3 is 2.84 bits per heavy atom. The maximum absolute atomic E-state index is 11.9.